The molecular formula is C13H24N4O. The summed E-state index contributed by atoms with van der Waals surface area (Å²) < 4.78 is 5.48. The number of rotatable bonds is 5. The molecule has 0 aliphatic heterocycles. The Balaban J connectivity index is 2.84. The lowest BCUT2D eigenvalue weighted by Gasteiger charge is -2.29. The molecule has 0 aliphatic carbocycles. The first-order valence-electron chi connectivity index (χ1n) is 6.36. The van der Waals surface area contributed by atoms with E-state index in [0.29, 0.717) is 24.0 Å². The van der Waals surface area contributed by atoms with Crippen molar-refractivity contribution >= 4 is 11.5 Å². The molecule has 1 atom stereocenters. The average Bonchev–Trinajstić information content (AvgIpc) is 2.29. The maximum absolute atomic E-state index is 6.00. The van der Waals surface area contributed by atoms with Crippen molar-refractivity contribution in [3.05, 3.63) is 6.33 Å². The Hall–Kier alpha value is -1.52. The van der Waals surface area contributed by atoms with Gasteiger partial charge in [-0.15, -0.1) is 0 Å². The molecule has 102 valence electrons. The number of ether oxygens (including phenoxy) is 1. The standard InChI is InChI=1S/C13H24N4O/c1-6-7-18-12-10(14)11(15-8-16-12)17-9(2)13(3,4)5/h8-9H,6-7,14H2,1-5H3,(H,15,16,17). The largest absolute Gasteiger partial charge is 0.476 e. The first kappa shape index (κ1) is 14.5. The van der Waals surface area contributed by atoms with Crippen molar-refractivity contribution in [2.75, 3.05) is 17.7 Å². The summed E-state index contributed by atoms with van der Waals surface area (Å²) in [6, 6.07) is 0.244. The zero-order valence-electron chi connectivity index (χ0n) is 11.9. The van der Waals surface area contributed by atoms with Crippen LogP contribution in [0.1, 0.15) is 41.0 Å². The fourth-order valence-electron chi connectivity index (χ4n) is 1.23. The molecule has 0 amide bonds. The maximum atomic E-state index is 6.00. The number of nitrogens with zero attached hydrogens (tertiary/aromatic N) is 2. The molecule has 0 bridgehead atoms. The van der Waals surface area contributed by atoms with Crippen LogP contribution in [-0.2, 0) is 0 Å². The minimum atomic E-state index is 0.127. The van der Waals surface area contributed by atoms with Crippen molar-refractivity contribution < 1.29 is 4.74 Å². The second-order valence-corrected chi connectivity index (χ2v) is 5.52. The minimum absolute atomic E-state index is 0.127. The van der Waals surface area contributed by atoms with Crippen LogP contribution in [0, 0.1) is 5.41 Å². The molecule has 5 nitrogen and oxygen atoms in total. The number of aromatic nitrogens is 2. The van der Waals surface area contributed by atoms with Crippen molar-refractivity contribution in [3.63, 3.8) is 0 Å². The highest BCUT2D eigenvalue weighted by molar-refractivity contribution is 5.66. The number of nitrogen functional groups attached to an aromatic ring is 1. The Morgan fingerprint density at radius 2 is 2.06 bits per heavy atom. The van der Waals surface area contributed by atoms with Crippen LogP contribution in [0.4, 0.5) is 11.5 Å². The van der Waals surface area contributed by atoms with E-state index in [2.05, 4.69) is 43.0 Å². The van der Waals surface area contributed by atoms with E-state index < -0.39 is 0 Å². The van der Waals surface area contributed by atoms with Gasteiger partial charge in [-0.05, 0) is 18.8 Å². The lowest BCUT2D eigenvalue weighted by molar-refractivity contribution is 0.306. The summed E-state index contributed by atoms with van der Waals surface area (Å²) in [5, 5.41) is 3.31. The van der Waals surface area contributed by atoms with Crippen molar-refractivity contribution in [3.8, 4) is 5.88 Å². The minimum Gasteiger partial charge on any atom is -0.476 e. The van der Waals surface area contributed by atoms with Crippen LogP contribution in [-0.4, -0.2) is 22.6 Å². The summed E-state index contributed by atoms with van der Waals surface area (Å²) in [6.07, 6.45) is 2.39. The van der Waals surface area contributed by atoms with Gasteiger partial charge in [-0.2, -0.15) is 4.98 Å². The molecule has 1 aromatic rings. The Morgan fingerprint density at radius 1 is 1.39 bits per heavy atom. The van der Waals surface area contributed by atoms with Crippen LogP contribution in [0.25, 0.3) is 0 Å². The lowest BCUT2D eigenvalue weighted by Crippen LogP contribution is -2.31. The number of nitrogens with one attached hydrogen (secondary N) is 1. The molecule has 0 radical (unpaired) electrons. The van der Waals surface area contributed by atoms with Gasteiger partial charge in [0, 0.05) is 6.04 Å². The molecule has 3 N–H and O–H groups in total. The second kappa shape index (κ2) is 5.89. The van der Waals surface area contributed by atoms with Crippen molar-refractivity contribution in [1.82, 2.24) is 9.97 Å². The predicted molar refractivity (Wildman–Crippen MR) is 74.8 cm³/mol. The van der Waals surface area contributed by atoms with Crippen LogP contribution in [0.3, 0.4) is 0 Å². The number of hydrogen-bond donors (Lipinski definition) is 2. The van der Waals surface area contributed by atoms with Gasteiger partial charge < -0.3 is 15.8 Å². The molecule has 0 saturated heterocycles. The summed E-state index contributed by atoms with van der Waals surface area (Å²) in [6.45, 7) is 11.2. The Morgan fingerprint density at radius 3 is 2.61 bits per heavy atom. The summed E-state index contributed by atoms with van der Waals surface area (Å²) in [7, 11) is 0. The topological polar surface area (TPSA) is 73.1 Å². The summed E-state index contributed by atoms with van der Waals surface area (Å²) >= 11 is 0. The third kappa shape index (κ3) is 3.75. The van der Waals surface area contributed by atoms with E-state index in [9.17, 15) is 0 Å². The Bertz CT molecular complexity index is 387. The quantitative estimate of drug-likeness (QED) is 0.843. The van der Waals surface area contributed by atoms with E-state index >= 15 is 0 Å². The molecule has 0 aromatic carbocycles. The molecule has 0 fully saturated rings. The molecule has 18 heavy (non-hydrogen) atoms. The molecule has 1 unspecified atom stereocenters. The molecule has 5 heteroatoms. The summed E-state index contributed by atoms with van der Waals surface area (Å²) in [5.74, 6) is 1.09. The lowest BCUT2D eigenvalue weighted by atomic mass is 9.88. The van der Waals surface area contributed by atoms with Crippen LogP contribution in [0.15, 0.2) is 6.33 Å². The average molecular weight is 252 g/mol. The number of hydrogen-bond acceptors (Lipinski definition) is 5. The van der Waals surface area contributed by atoms with E-state index in [0.717, 1.165) is 6.42 Å². The monoisotopic (exact) mass is 252 g/mol. The summed E-state index contributed by atoms with van der Waals surface area (Å²) in [5.41, 5.74) is 6.60. The van der Waals surface area contributed by atoms with E-state index in [1.807, 2.05) is 6.92 Å². The molecule has 1 rings (SSSR count). The SMILES string of the molecule is CCCOc1ncnc(NC(C)C(C)(C)C)c1N. The molecule has 0 saturated carbocycles. The van der Waals surface area contributed by atoms with Gasteiger partial charge >= 0.3 is 0 Å². The first-order valence-corrected chi connectivity index (χ1v) is 6.36. The zero-order chi connectivity index (χ0) is 13.8. The molecule has 0 spiro atoms. The van der Waals surface area contributed by atoms with Crippen LogP contribution >= 0.6 is 0 Å². The molecule has 1 heterocycles. The molecule has 1 aromatic heterocycles. The van der Waals surface area contributed by atoms with Gasteiger partial charge in [-0.25, -0.2) is 4.98 Å². The number of nitrogens with two attached hydrogens (primary N) is 1. The van der Waals surface area contributed by atoms with E-state index in [4.69, 9.17) is 10.5 Å². The molecule has 0 aliphatic rings. The van der Waals surface area contributed by atoms with Crippen LogP contribution in [0.5, 0.6) is 5.88 Å². The predicted octanol–water partition coefficient (Wildman–Crippen LogP) is 2.69. The van der Waals surface area contributed by atoms with Gasteiger partial charge in [0.25, 0.3) is 0 Å². The number of anilines is 2. The maximum Gasteiger partial charge on any atom is 0.242 e. The second-order valence-electron chi connectivity index (χ2n) is 5.52. The van der Waals surface area contributed by atoms with Crippen LogP contribution in [0.2, 0.25) is 0 Å². The highest BCUT2D eigenvalue weighted by Gasteiger charge is 2.21. The normalized spacial score (nSPS) is 13.2. The van der Waals surface area contributed by atoms with Gasteiger partial charge in [-0.1, -0.05) is 27.7 Å². The van der Waals surface area contributed by atoms with E-state index in [-0.39, 0.29) is 11.5 Å². The molecular weight excluding hydrogens is 228 g/mol. The fraction of sp³-hybridized carbons (Fsp3) is 0.692. The zero-order valence-corrected chi connectivity index (χ0v) is 11.9. The van der Waals surface area contributed by atoms with Gasteiger partial charge in [0.2, 0.25) is 5.88 Å². The third-order valence-electron chi connectivity index (χ3n) is 2.94. The van der Waals surface area contributed by atoms with E-state index in [1.165, 1.54) is 6.33 Å². The van der Waals surface area contributed by atoms with Gasteiger partial charge in [0.15, 0.2) is 5.82 Å². The van der Waals surface area contributed by atoms with E-state index in [1.54, 1.807) is 0 Å². The third-order valence-corrected chi connectivity index (χ3v) is 2.94. The van der Waals surface area contributed by atoms with Gasteiger partial charge in [0.05, 0.1) is 6.61 Å². The van der Waals surface area contributed by atoms with Gasteiger partial charge in [0.1, 0.15) is 12.0 Å². The Labute approximate surface area is 109 Å². The summed E-state index contributed by atoms with van der Waals surface area (Å²) in [4.78, 5) is 8.22. The van der Waals surface area contributed by atoms with Crippen LogP contribution < -0.4 is 15.8 Å². The van der Waals surface area contributed by atoms with Gasteiger partial charge in [-0.3, -0.25) is 0 Å². The Kier molecular flexibility index (Phi) is 4.76. The van der Waals surface area contributed by atoms with Crippen molar-refractivity contribution in [2.24, 2.45) is 5.41 Å². The smallest absolute Gasteiger partial charge is 0.242 e. The fourth-order valence-corrected chi connectivity index (χ4v) is 1.23. The first-order chi connectivity index (χ1) is 8.36. The van der Waals surface area contributed by atoms with Crippen molar-refractivity contribution in [2.45, 2.75) is 47.1 Å². The highest BCUT2D eigenvalue weighted by Crippen LogP contribution is 2.28. The van der Waals surface area contributed by atoms with Crippen molar-refractivity contribution in [1.29, 1.82) is 0 Å². The highest BCUT2D eigenvalue weighted by atomic mass is 16.5.